The standard InChI is InChI=1S/C39H45BN6O11S2.C32H38BN5O10S2/c1-39(2,3)57-38(47)44-24-32(25-44)58(50,51)34-20-19-33(40(48)49)35(37-41-42-43-46(37)23-28-11-17-31(56-6)18-12-28)36(34)59(52,53)45(21-26-7-13-29(54-4)14-8-26)22-27-9-15-30(55-5)16-10-27;1-32(2,3)48-31(39)37-18-25(19-37)49(42,43)27-15-14-26(33(40)41)28(30-34-20-35-36-30)29(27)50(44,45)38(16-21-6-10-23(46-4)11-7-21)17-22-8-12-24(47-5)13-9-22/h7-20,32,48-49H,21-25H2,1-6H3;6-15,25,40-41H,16-20H2,1-5H3. The third-order valence-electron chi connectivity index (χ3n) is 17.5. The number of methoxy groups -OCH3 is 5. The third kappa shape index (κ3) is 18.9. The van der Waals surface area contributed by atoms with Crippen molar-refractivity contribution in [2.45, 2.75) is 116 Å². The predicted molar refractivity (Wildman–Crippen MR) is 400 cm³/mol. The van der Waals surface area contributed by atoms with Gasteiger partial charge in [0.15, 0.2) is 38.0 Å². The van der Waals surface area contributed by atoms with Crippen LogP contribution in [-0.2, 0) is 81.9 Å². The molecule has 3 aliphatic heterocycles. The van der Waals surface area contributed by atoms with E-state index in [9.17, 15) is 46.5 Å². The maximum absolute atomic E-state index is 15.6. The highest BCUT2D eigenvalue weighted by Crippen LogP contribution is 2.40. The summed E-state index contributed by atoms with van der Waals surface area (Å²) >= 11 is 0. The highest BCUT2D eigenvalue weighted by atomic mass is 32.2. The number of carbonyl (C=O) groups excluding carboxylic acids is 2. The van der Waals surface area contributed by atoms with E-state index >= 15 is 16.8 Å². The zero-order chi connectivity index (χ0) is 79.1. The van der Waals surface area contributed by atoms with Crippen LogP contribution in [0.25, 0.3) is 11.4 Å². The summed E-state index contributed by atoms with van der Waals surface area (Å²) in [7, 11) is -16.0. The SMILES string of the molecule is COc1ccc(CN(Cc2ccc(OC)cc2)S(=O)(=O)c2c(S(=O)(=O)C3CN(C(=O)OC(C)(C)C)C3)ccc(B(O)O)c2-c2nnnn2Cc2ccc(OC)cc2)cc1.COc1ccc(CN(Cc2ccc(OC)cc2)S(=O)(=O)c2c(S(=O)(=O)C3CN(C(=O)OC(C)(C)C)C3)ccc(B(O)O)c2C2=NCN=N2)cc1. The van der Waals surface area contributed by atoms with Crippen LogP contribution >= 0.6 is 0 Å². The van der Waals surface area contributed by atoms with Crippen LogP contribution in [0.1, 0.15) is 74.9 Å². The summed E-state index contributed by atoms with van der Waals surface area (Å²) in [4.78, 5) is 29.3. The molecule has 578 valence electrons. The van der Waals surface area contributed by atoms with Gasteiger partial charge in [-0.3, -0.25) is 0 Å². The van der Waals surface area contributed by atoms with Crippen LogP contribution in [0.15, 0.2) is 180 Å². The molecule has 0 unspecified atom stereocenters. The minimum absolute atomic E-state index is 0.0291. The topological polar surface area (TPSA) is 410 Å². The Morgan fingerprint density at radius 3 is 1.09 bits per heavy atom. The molecule has 4 N–H and O–H groups in total. The molecule has 0 saturated carbocycles. The van der Waals surface area contributed by atoms with E-state index in [1.54, 1.807) is 163 Å². The van der Waals surface area contributed by atoms with E-state index in [1.165, 1.54) is 50.0 Å². The first kappa shape index (κ1) is 81.6. The summed E-state index contributed by atoms with van der Waals surface area (Å²) in [5.74, 6) is 2.20. The van der Waals surface area contributed by atoms with Gasteiger partial charge < -0.3 is 63.1 Å². The molecule has 38 heteroatoms. The van der Waals surface area contributed by atoms with Gasteiger partial charge in [0.05, 0.1) is 51.9 Å². The van der Waals surface area contributed by atoms with Crippen molar-refractivity contribution < 1.29 is 96.5 Å². The van der Waals surface area contributed by atoms with Crippen LogP contribution in [0.3, 0.4) is 0 Å². The third-order valence-corrected chi connectivity index (χ3v) is 25.8. The second-order valence-electron chi connectivity index (χ2n) is 27.4. The number of rotatable bonds is 27. The highest BCUT2D eigenvalue weighted by Gasteiger charge is 2.49. The first-order chi connectivity index (χ1) is 51.5. The molecule has 1 aromatic heterocycles. The second-order valence-corrected chi connectivity index (χ2v) is 35.5. The number of aromatic nitrogens is 4. The first-order valence-corrected chi connectivity index (χ1v) is 39.8. The van der Waals surface area contributed by atoms with Gasteiger partial charge in [-0.25, -0.2) is 52.9 Å². The van der Waals surface area contributed by atoms with Gasteiger partial charge >= 0.3 is 26.4 Å². The lowest BCUT2D eigenvalue weighted by molar-refractivity contribution is 0.0128. The zero-order valence-corrected chi connectivity index (χ0v) is 64.8. The average molecular weight is 1580 g/mol. The van der Waals surface area contributed by atoms with Crippen molar-refractivity contribution in [1.29, 1.82) is 0 Å². The lowest BCUT2D eigenvalue weighted by Crippen LogP contribution is -2.58. The number of aliphatic imine (C=N–C) groups is 1. The van der Waals surface area contributed by atoms with Crippen molar-refractivity contribution in [3.8, 4) is 40.1 Å². The van der Waals surface area contributed by atoms with E-state index in [0.717, 1.165) is 32.9 Å². The average Bonchev–Trinajstić information content (AvgIpc) is 1.39. The van der Waals surface area contributed by atoms with Crippen LogP contribution < -0.4 is 34.6 Å². The Bertz CT molecular complexity index is 5040. The molecule has 2 amide bonds. The van der Waals surface area contributed by atoms with E-state index < -0.39 is 119 Å². The number of tetrazole rings is 1. The lowest BCUT2D eigenvalue weighted by atomic mass is 9.76. The first-order valence-electron chi connectivity index (χ1n) is 33.8. The summed E-state index contributed by atoms with van der Waals surface area (Å²) in [6.45, 7) is 7.87. The largest absolute Gasteiger partial charge is 0.497 e. The van der Waals surface area contributed by atoms with Crippen molar-refractivity contribution in [2.75, 3.05) is 68.4 Å². The minimum Gasteiger partial charge on any atom is -0.497 e. The van der Waals surface area contributed by atoms with Gasteiger partial charge in [0, 0.05) is 63.5 Å². The molecule has 0 bridgehead atoms. The van der Waals surface area contributed by atoms with Crippen molar-refractivity contribution in [1.82, 2.24) is 38.6 Å². The van der Waals surface area contributed by atoms with Gasteiger partial charge in [-0.15, -0.1) is 10.2 Å². The monoisotopic (exact) mass is 1580 g/mol. The lowest BCUT2D eigenvalue weighted by Gasteiger charge is -2.39. The quantitative estimate of drug-likeness (QED) is 0.0480. The number of ether oxygens (including phenoxy) is 7. The molecule has 0 aliphatic carbocycles. The molecule has 3 aliphatic rings. The predicted octanol–water partition coefficient (Wildman–Crippen LogP) is 5.22. The Kier molecular flexibility index (Phi) is 25.1. The van der Waals surface area contributed by atoms with Gasteiger partial charge in [0.2, 0.25) is 20.0 Å². The van der Waals surface area contributed by atoms with Gasteiger partial charge in [0.1, 0.15) is 60.2 Å². The maximum atomic E-state index is 15.6. The number of azo groups is 1. The number of nitrogens with zero attached hydrogens (tertiary/aromatic N) is 11. The number of amidine groups is 1. The van der Waals surface area contributed by atoms with Gasteiger partial charge in [-0.05, 0) is 164 Å². The van der Waals surface area contributed by atoms with Crippen LogP contribution in [0.2, 0.25) is 0 Å². The molecule has 109 heavy (non-hydrogen) atoms. The normalized spacial score (nSPS) is 14.3. The van der Waals surface area contributed by atoms with Crippen molar-refractivity contribution in [3.05, 3.63) is 179 Å². The molecule has 0 atom stereocenters. The van der Waals surface area contributed by atoms with E-state index in [2.05, 4.69) is 30.7 Å². The summed E-state index contributed by atoms with van der Waals surface area (Å²) in [6.07, 6.45) is -1.43. The Morgan fingerprint density at radius 1 is 0.468 bits per heavy atom. The van der Waals surface area contributed by atoms with E-state index in [1.807, 2.05) is 0 Å². The van der Waals surface area contributed by atoms with Crippen molar-refractivity contribution in [3.63, 3.8) is 0 Å². The number of carbonyl (C=O) groups is 2. The fourth-order valence-corrected chi connectivity index (χ4v) is 19.9. The van der Waals surface area contributed by atoms with Gasteiger partial charge in [-0.2, -0.15) is 13.7 Å². The number of benzene rings is 7. The second kappa shape index (κ2) is 33.5. The fourth-order valence-electron chi connectivity index (χ4n) is 11.8. The minimum atomic E-state index is -4.99. The molecule has 11 rings (SSSR count). The zero-order valence-electron chi connectivity index (χ0n) is 61.5. The molecule has 0 spiro atoms. The maximum Gasteiger partial charge on any atom is 0.489 e. The molecule has 2 fully saturated rings. The molecule has 7 aromatic carbocycles. The number of sulfone groups is 2. The summed E-state index contributed by atoms with van der Waals surface area (Å²) in [6, 6.07) is 37.9. The van der Waals surface area contributed by atoms with Gasteiger partial charge in [0.25, 0.3) is 0 Å². The molecule has 32 nitrogen and oxygen atoms in total. The Balaban J connectivity index is 0.000000235. The number of amides is 2. The van der Waals surface area contributed by atoms with Crippen LogP contribution in [-0.4, -0.2) is 215 Å². The fraction of sp³-hybridized carbons (Fsp3) is 0.352. The van der Waals surface area contributed by atoms with Crippen LogP contribution in [0.4, 0.5) is 9.59 Å². The molecular formula is C71H83B2N11O21S4. The Morgan fingerprint density at radius 2 is 0.789 bits per heavy atom. The Hall–Kier alpha value is -9.89. The van der Waals surface area contributed by atoms with Crippen LogP contribution in [0, 0.1) is 0 Å². The van der Waals surface area contributed by atoms with E-state index in [-0.39, 0.29) is 88.2 Å². The Labute approximate surface area is 632 Å². The highest BCUT2D eigenvalue weighted by molar-refractivity contribution is 7.94. The number of hydrogen-bond acceptors (Lipinski definition) is 27. The van der Waals surface area contributed by atoms with Crippen LogP contribution in [0.5, 0.6) is 28.7 Å². The summed E-state index contributed by atoms with van der Waals surface area (Å²) in [5.41, 5.74) is -0.363. The molecule has 0 radical (unpaired) electrons. The smallest absolute Gasteiger partial charge is 0.489 e. The summed E-state index contributed by atoms with van der Waals surface area (Å²) in [5, 5.41) is 59.8. The van der Waals surface area contributed by atoms with Crippen molar-refractivity contribution in [2.24, 2.45) is 15.2 Å². The number of hydrogen-bond donors (Lipinski definition) is 4. The molecule has 4 heterocycles. The molecular weight excluding hydrogens is 1490 g/mol. The van der Waals surface area contributed by atoms with Gasteiger partial charge in [-0.1, -0.05) is 72.8 Å². The molecule has 2 saturated heterocycles. The summed E-state index contributed by atoms with van der Waals surface area (Å²) < 4.78 is 160. The number of sulfonamides is 2. The van der Waals surface area contributed by atoms with Crippen molar-refractivity contribution >= 4 is 82.9 Å². The molecule has 8 aromatic rings. The van der Waals surface area contributed by atoms with E-state index in [0.29, 0.717) is 56.6 Å². The van der Waals surface area contributed by atoms with E-state index in [4.69, 9.17) is 33.2 Å². The number of likely N-dealkylation sites (tertiary alicyclic amines) is 2.